The highest BCUT2D eigenvalue weighted by Gasteiger charge is 2.19. The molecule has 0 bridgehead atoms. The average molecular weight is 326 g/mol. The molecule has 1 aromatic carbocycles. The zero-order valence-corrected chi connectivity index (χ0v) is 15.3. The molecular formula is C19H26N4O. The molecule has 0 aliphatic carbocycles. The number of amides is 1. The monoisotopic (exact) mass is 326 g/mol. The number of carbonyl (C=O) groups is 1. The number of benzene rings is 1. The molecule has 0 aliphatic heterocycles. The summed E-state index contributed by atoms with van der Waals surface area (Å²) in [7, 11) is 0. The first-order chi connectivity index (χ1) is 11.1. The van der Waals surface area contributed by atoms with Crippen LogP contribution >= 0.6 is 0 Å². The molecule has 0 saturated heterocycles. The lowest BCUT2D eigenvalue weighted by Gasteiger charge is -2.23. The van der Waals surface area contributed by atoms with E-state index in [4.69, 9.17) is 0 Å². The van der Waals surface area contributed by atoms with Crippen molar-refractivity contribution in [3.8, 4) is 0 Å². The Balaban J connectivity index is 2.17. The molecule has 0 radical (unpaired) electrons. The smallest absolute Gasteiger partial charge is 0.258 e. The molecule has 2 aromatic rings. The van der Waals surface area contributed by atoms with Crippen LogP contribution in [0.15, 0.2) is 36.7 Å². The van der Waals surface area contributed by atoms with E-state index in [1.54, 1.807) is 0 Å². The summed E-state index contributed by atoms with van der Waals surface area (Å²) in [6, 6.07) is 7.83. The van der Waals surface area contributed by atoms with Crippen molar-refractivity contribution in [2.24, 2.45) is 0 Å². The predicted octanol–water partition coefficient (Wildman–Crippen LogP) is 4.24. The second-order valence-corrected chi connectivity index (χ2v) is 7.92. The van der Waals surface area contributed by atoms with Gasteiger partial charge in [-0.05, 0) is 37.8 Å². The van der Waals surface area contributed by atoms with Gasteiger partial charge < -0.3 is 10.6 Å². The summed E-state index contributed by atoms with van der Waals surface area (Å²) in [4.78, 5) is 20.9. The molecule has 128 valence electrons. The van der Waals surface area contributed by atoms with Crippen LogP contribution in [-0.2, 0) is 5.41 Å². The quantitative estimate of drug-likeness (QED) is 0.885. The number of rotatable bonds is 3. The number of nitrogens with one attached hydrogen (secondary N) is 2. The third-order valence-corrected chi connectivity index (χ3v) is 3.38. The number of anilines is 2. The Bertz CT molecular complexity index is 709. The molecule has 24 heavy (non-hydrogen) atoms. The standard InChI is InChI=1S/C19H26N4O/c1-18(2,3)14-9-7-8-10-15(14)22-16(24)13-11-20-17(21-12-13)23-19(4,5)6/h7-12H,1-6H3,(H,22,24)(H,20,21,23). The Hall–Kier alpha value is -2.43. The molecule has 0 fully saturated rings. The number of aromatic nitrogens is 2. The summed E-state index contributed by atoms with van der Waals surface area (Å²) >= 11 is 0. The summed E-state index contributed by atoms with van der Waals surface area (Å²) in [5, 5.41) is 6.13. The fourth-order valence-electron chi connectivity index (χ4n) is 2.29. The van der Waals surface area contributed by atoms with Crippen molar-refractivity contribution in [1.82, 2.24) is 9.97 Å². The fraction of sp³-hybridized carbons (Fsp3) is 0.421. The van der Waals surface area contributed by atoms with E-state index in [1.807, 2.05) is 45.0 Å². The van der Waals surface area contributed by atoms with Crippen molar-refractivity contribution < 1.29 is 4.79 Å². The molecule has 0 atom stereocenters. The maximum absolute atomic E-state index is 12.5. The molecule has 2 N–H and O–H groups in total. The molecule has 0 unspecified atom stereocenters. The number of hydrogen-bond donors (Lipinski definition) is 2. The number of hydrogen-bond acceptors (Lipinski definition) is 4. The number of carbonyl (C=O) groups excluding carboxylic acids is 1. The second-order valence-electron chi connectivity index (χ2n) is 7.92. The Morgan fingerprint density at radius 2 is 1.54 bits per heavy atom. The topological polar surface area (TPSA) is 66.9 Å². The lowest BCUT2D eigenvalue weighted by molar-refractivity contribution is 0.102. The zero-order chi connectivity index (χ0) is 18.0. The van der Waals surface area contributed by atoms with E-state index in [-0.39, 0.29) is 16.9 Å². The molecular weight excluding hydrogens is 300 g/mol. The summed E-state index contributed by atoms with van der Waals surface area (Å²) in [6.45, 7) is 12.4. The van der Waals surface area contributed by atoms with Gasteiger partial charge in [-0.25, -0.2) is 9.97 Å². The van der Waals surface area contributed by atoms with Crippen LogP contribution in [0.4, 0.5) is 11.6 Å². The minimum atomic E-state index is -0.214. The summed E-state index contributed by atoms with van der Waals surface area (Å²) in [6.07, 6.45) is 3.08. The first kappa shape index (κ1) is 17.9. The van der Waals surface area contributed by atoms with E-state index >= 15 is 0 Å². The van der Waals surface area contributed by atoms with E-state index in [0.29, 0.717) is 11.5 Å². The van der Waals surface area contributed by atoms with Crippen molar-refractivity contribution >= 4 is 17.5 Å². The van der Waals surface area contributed by atoms with Crippen LogP contribution in [0.1, 0.15) is 57.5 Å². The Morgan fingerprint density at radius 3 is 2.08 bits per heavy atom. The van der Waals surface area contributed by atoms with E-state index < -0.39 is 0 Å². The molecule has 5 nitrogen and oxygen atoms in total. The van der Waals surface area contributed by atoms with E-state index in [9.17, 15) is 4.79 Å². The lowest BCUT2D eigenvalue weighted by Crippen LogP contribution is -2.27. The Morgan fingerprint density at radius 1 is 0.958 bits per heavy atom. The van der Waals surface area contributed by atoms with Gasteiger partial charge in [-0.3, -0.25) is 4.79 Å². The van der Waals surface area contributed by atoms with Gasteiger partial charge in [-0.15, -0.1) is 0 Å². The fourth-order valence-corrected chi connectivity index (χ4v) is 2.29. The maximum Gasteiger partial charge on any atom is 0.258 e. The van der Waals surface area contributed by atoms with Crippen molar-refractivity contribution in [3.05, 3.63) is 47.8 Å². The van der Waals surface area contributed by atoms with Gasteiger partial charge in [0.2, 0.25) is 5.95 Å². The van der Waals surface area contributed by atoms with Gasteiger partial charge in [-0.2, -0.15) is 0 Å². The third-order valence-electron chi connectivity index (χ3n) is 3.38. The van der Waals surface area contributed by atoms with Crippen LogP contribution in [0.2, 0.25) is 0 Å². The van der Waals surface area contributed by atoms with Crippen molar-refractivity contribution in [3.63, 3.8) is 0 Å². The van der Waals surface area contributed by atoms with E-state index in [1.165, 1.54) is 12.4 Å². The van der Waals surface area contributed by atoms with Crippen LogP contribution in [0.3, 0.4) is 0 Å². The van der Waals surface area contributed by atoms with E-state index in [0.717, 1.165) is 11.3 Å². The number of para-hydroxylation sites is 1. The highest BCUT2D eigenvalue weighted by atomic mass is 16.1. The van der Waals surface area contributed by atoms with Gasteiger partial charge in [0.25, 0.3) is 5.91 Å². The van der Waals surface area contributed by atoms with Gasteiger partial charge in [0, 0.05) is 23.6 Å². The Kier molecular flexibility index (Phi) is 4.92. The van der Waals surface area contributed by atoms with Gasteiger partial charge in [0.15, 0.2) is 0 Å². The van der Waals surface area contributed by atoms with Crippen LogP contribution < -0.4 is 10.6 Å². The first-order valence-corrected chi connectivity index (χ1v) is 8.07. The highest BCUT2D eigenvalue weighted by molar-refractivity contribution is 6.04. The minimum Gasteiger partial charge on any atom is -0.350 e. The van der Waals surface area contributed by atoms with Crippen LogP contribution in [0, 0.1) is 0 Å². The molecule has 0 spiro atoms. The molecule has 1 amide bonds. The largest absolute Gasteiger partial charge is 0.350 e. The van der Waals surface area contributed by atoms with Gasteiger partial charge >= 0.3 is 0 Å². The van der Waals surface area contributed by atoms with Crippen molar-refractivity contribution in [1.29, 1.82) is 0 Å². The third kappa shape index (κ3) is 4.78. The molecule has 0 saturated carbocycles. The van der Waals surface area contributed by atoms with Crippen molar-refractivity contribution in [2.45, 2.75) is 52.5 Å². The Labute approximate surface area is 143 Å². The predicted molar refractivity (Wildman–Crippen MR) is 98.5 cm³/mol. The summed E-state index contributed by atoms with van der Waals surface area (Å²) in [5.41, 5.74) is 2.14. The SMILES string of the molecule is CC(C)(C)Nc1ncc(C(=O)Nc2ccccc2C(C)(C)C)cn1. The molecule has 5 heteroatoms. The molecule has 1 aromatic heterocycles. The summed E-state index contributed by atoms with van der Waals surface area (Å²) < 4.78 is 0. The highest BCUT2D eigenvalue weighted by Crippen LogP contribution is 2.29. The van der Waals surface area contributed by atoms with Crippen LogP contribution in [0.25, 0.3) is 0 Å². The van der Waals surface area contributed by atoms with Crippen molar-refractivity contribution in [2.75, 3.05) is 10.6 Å². The van der Waals surface area contributed by atoms with Crippen LogP contribution in [0.5, 0.6) is 0 Å². The molecule has 0 aliphatic rings. The van der Waals surface area contributed by atoms with Gasteiger partial charge in [0.05, 0.1) is 5.56 Å². The molecule has 1 heterocycles. The average Bonchev–Trinajstić information content (AvgIpc) is 2.45. The van der Waals surface area contributed by atoms with Crippen LogP contribution in [-0.4, -0.2) is 21.4 Å². The molecule has 2 rings (SSSR count). The van der Waals surface area contributed by atoms with Gasteiger partial charge in [0.1, 0.15) is 0 Å². The minimum absolute atomic E-state index is 0.0547. The van der Waals surface area contributed by atoms with Gasteiger partial charge in [-0.1, -0.05) is 39.0 Å². The van der Waals surface area contributed by atoms with E-state index in [2.05, 4.69) is 41.4 Å². The zero-order valence-electron chi connectivity index (χ0n) is 15.3. The maximum atomic E-state index is 12.5. The lowest BCUT2D eigenvalue weighted by atomic mass is 9.86. The number of nitrogens with zero attached hydrogens (tertiary/aromatic N) is 2. The second kappa shape index (κ2) is 6.59. The first-order valence-electron chi connectivity index (χ1n) is 8.07. The normalized spacial score (nSPS) is 11.9. The summed E-state index contributed by atoms with van der Waals surface area (Å²) in [5.74, 6) is 0.295.